The van der Waals surface area contributed by atoms with Gasteiger partial charge in [-0.2, -0.15) is 0 Å². The standard InChI is InChI=1S/C19H32ClN/c1-4-5-6-7-8-18(15-21-14-16(2)3)13-17-9-11-19(20)12-10-17/h9-12,16,18,21H,4-8,13-15H2,1-3H3. The van der Waals surface area contributed by atoms with Crippen LogP contribution in [0.25, 0.3) is 0 Å². The average Bonchev–Trinajstić information content (AvgIpc) is 2.45. The van der Waals surface area contributed by atoms with E-state index >= 15 is 0 Å². The summed E-state index contributed by atoms with van der Waals surface area (Å²) < 4.78 is 0. The Morgan fingerprint density at radius 3 is 2.33 bits per heavy atom. The van der Waals surface area contributed by atoms with E-state index in [0.29, 0.717) is 0 Å². The van der Waals surface area contributed by atoms with Crippen LogP contribution in [0, 0.1) is 11.8 Å². The van der Waals surface area contributed by atoms with Crippen LogP contribution in [0.2, 0.25) is 5.02 Å². The van der Waals surface area contributed by atoms with E-state index in [2.05, 4.69) is 38.2 Å². The molecule has 1 aromatic rings. The van der Waals surface area contributed by atoms with Crippen molar-refractivity contribution in [1.82, 2.24) is 5.32 Å². The first-order valence-corrected chi connectivity index (χ1v) is 8.94. The number of benzene rings is 1. The normalized spacial score (nSPS) is 12.8. The van der Waals surface area contributed by atoms with Crippen LogP contribution in [0.3, 0.4) is 0 Å². The lowest BCUT2D eigenvalue weighted by Gasteiger charge is -2.19. The van der Waals surface area contributed by atoms with E-state index in [4.69, 9.17) is 11.6 Å². The first kappa shape index (κ1) is 18.5. The van der Waals surface area contributed by atoms with Crippen LogP contribution in [0.15, 0.2) is 24.3 Å². The molecule has 2 heteroatoms. The topological polar surface area (TPSA) is 12.0 Å². The van der Waals surface area contributed by atoms with Gasteiger partial charge in [-0.25, -0.2) is 0 Å². The van der Waals surface area contributed by atoms with Gasteiger partial charge in [0.25, 0.3) is 0 Å². The Hall–Kier alpha value is -0.530. The van der Waals surface area contributed by atoms with Crippen molar-refractivity contribution < 1.29 is 0 Å². The molecule has 1 nitrogen and oxygen atoms in total. The van der Waals surface area contributed by atoms with Crippen molar-refractivity contribution in [3.8, 4) is 0 Å². The van der Waals surface area contributed by atoms with Gasteiger partial charge in [0.05, 0.1) is 0 Å². The molecule has 0 aliphatic heterocycles. The monoisotopic (exact) mass is 309 g/mol. The highest BCUT2D eigenvalue weighted by Gasteiger charge is 2.10. The molecular formula is C19H32ClN. The summed E-state index contributed by atoms with van der Waals surface area (Å²) in [4.78, 5) is 0. The molecule has 1 rings (SSSR count). The lowest BCUT2D eigenvalue weighted by Crippen LogP contribution is -2.27. The molecule has 0 aromatic heterocycles. The Labute approximate surface area is 136 Å². The molecule has 0 fully saturated rings. The van der Waals surface area contributed by atoms with E-state index in [1.54, 1.807) is 0 Å². The van der Waals surface area contributed by atoms with Gasteiger partial charge < -0.3 is 5.32 Å². The van der Waals surface area contributed by atoms with E-state index in [0.717, 1.165) is 36.4 Å². The number of hydrogen-bond acceptors (Lipinski definition) is 1. The fourth-order valence-corrected chi connectivity index (χ4v) is 2.79. The molecule has 0 saturated heterocycles. The van der Waals surface area contributed by atoms with Crippen molar-refractivity contribution in [2.45, 2.75) is 59.3 Å². The molecule has 0 aliphatic carbocycles. The van der Waals surface area contributed by atoms with Gasteiger partial charge in [0.2, 0.25) is 0 Å². The van der Waals surface area contributed by atoms with Crippen LogP contribution in [0.5, 0.6) is 0 Å². The van der Waals surface area contributed by atoms with Crippen molar-refractivity contribution in [2.75, 3.05) is 13.1 Å². The zero-order valence-electron chi connectivity index (χ0n) is 14.0. The highest BCUT2D eigenvalue weighted by molar-refractivity contribution is 6.30. The lowest BCUT2D eigenvalue weighted by atomic mass is 9.93. The Morgan fingerprint density at radius 1 is 1.00 bits per heavy atom. The van der Waals surface area contributed by atoms with Crippen LogP contribution >= 0.6 is 11.6 Å². The Morgan fingerprint density at radius 2 is 1.71 bits per heavy atom. The van der Waals surface area contributed by atoms with Crippen molar-refractivity contribution in [2.24, 2.45) is 11.8 Å². The van der Waals surface area contributed by atoms with E-state index in [1.165, 1.54) is 37.7 Å². The van der Waals surface area contributed by atoms with Crippen LogP contribution in [0.1, 0.15) is 58.4 Å². The largest absolute Gasteiger partial charge is 0.316 e. The van der Waals surface area contributed by atoms with Gasteiger partial charge in [0.15, 0.2) is 0 Å². The minimum absolute atomic E-state index is 0.723. The van der Waals surface area contributed by atoms with E-state index in [-0.39, 0.29) is 0 Å². The maximum absolute atomic E-state index is 5.97. The minimum atomic E-state index is 0.723. The van der Waals surface area contributed by atoms with Gasteiger partial charge in [0, 0.05) is 5.02 Å². The second-order valence-electron chi connectivity index (χ2n) is 6.60. The zero-order valence-corrected chi connectivity index (χ0v) is 14.8. The van der Waals surface area contributed by atoms with Gasteiger partial charge in [-0.05, 0) is 55.5 Å². The molecule has 0 saturated carbocycles. The molecular weight excluding hydrogens is 278 g/mol. The predicted octanol–water partition coefficient (Wildman–Crippen LogP) is 5.71. The molecule has 1 aromatic carbocycles. The summed E-state index contributed by atoms with van der Waals surface area (Å²) in [6.07, 6.45) is 7.90. The number of nitrogens with one attached hydrogen (secondary N) is 1. The number of hydrogen-bond donors (Lipinski definition) is 1. The summed E-state index contributed by atoms with van der Waals surface area (Å²) in [7, 11) is 0. The van der Waals surface area contributed by atoms with Crippen LogP contribution in [0.4, 0.5) is 0 Å². The quantitative estimate of drug-likeness (QED) is 0.516. The van der Waals surface area contributed by atoms with E-state index < -0.39 is 0 Å². The first-order chi connectivity index (χ1) is 10.1. The first-order valence-electron chi connectivity index (χ1n) is 8.57. The van der Waals surface area contributed by atoms with Gasteiger partial charge in [-0.3, -0.25) is 0 Å². The van der Waals surface area contributed by atoms with Crippen LogP contribution in [-0.2, 0) is 6.42 Å². The van der Waals surface area contributed by atoms with Gasteiger partial charge in [0.1, 0.15) is 0 Å². The maximum atomic E-state index is 5.97. The van der Waals surface area contributed by atoms with Crippen LogP contribution in [-0.4, -0.2) is 13.1 Å². The molecule has 0 amide bonds. The van der Waals surface area contributed by atoms with Gasteiger partial charge in [-0.1, -0.05) is 70.2 Å². The third-order valence-electron chi connectivity index (χ3n) is 3.89. The number of halogens is 1. The van der Waals surface area contributed by atoms with Crippen molar-refractivity contribution in [3.63, 3.8) is 0 Å². The molecule has 1 atom stereocenters. The molecule has 0 radical (unpaired) electrons. The fraction of sp³-hybridized carbons (Fsp3) is 0.684. The Balaban J connectivity index is 2.43. The molecule has 1 unspecified atom stereocenters. The second kappa shape index (κ2) is 11.1. The third kappa shape index (κ3) is 9.16. The molecule has 0 aliphatic rings. The zero-order chi connectivity index (χ0) is 15.5. The van der Waals surface area contributed by atoms with E-state index in [1.807, 2.05) is 12.1 Å². The smallest absolute Gasteiger partial charge is 0.0406 e. The van der Waals surface area contributed by atoms with Gasteiger partial charge in [-0.15, -0.1) is 0 Å². The highest BCUT2D eigenvalue weighted by Crippen LogP contribution is 2.18. The van der Waals surface area contributed by atoms with Crippen LogP contribution < -0.4 is 5.32 Å². The molecule has 0 bridgehead atoms. The molecule has 21 heavy (non-hydrogen) atoms. The summed E-state index contributed by atoms with van der Waals surface area (Å²) in [5, 5.41) is 4.46. The molecule has 0 spiro atoms. The maximum Gasteiger partial charge on any atom is 0.0406 e. The fourth-order valence-electron chi connectivity index (χ4n) is 2.67. The SMILES string of the molecule is CCCCCCC(CNCC(C)C)Cc1ccc(Cl)cc1. The number of rotatable bonds is 11. The predicted molar refractivity (Wildman–Crippen MR) is 95.1 cm³/mol. The Bertz CT molecular complexity index is 358. The molecule has 120 valence electrons. The van der Waals surface area contributed by atoms with Crippen molar-refractivity contribution in [3.05, 3.63) is 34.9 Å². The second-order valence-corrected chi connectivity index (χ2v) is 7.03. The summed E-state index contributed by atoms with van der Waals surface area (Å²) >= 11 is 5.97. The Kier molecular flexibility index (Phi) is 9.78. The summed E-state index contributed by atoms with van der Waals surface area (Å²) in [6, 6.07) is 8.35. The third-order valence-corrected chi connectivity index (χ3v) is 4.14. The molecule has 0 heterocycles. The summed E-state index contributed by atoms with van der Waals surface area (Å²) in [5.74, 6) is 1.46. The van der Waals surface area contributed by atoms with Crippen molar-refractivity contribution in [1.29, 1.82) is 0 Å². The van der Waals surface area contributed by atoms with Crippen molar-refractivity contribution >= 4 is 11.6 Å². The molecule has 1 N–H and O–H groups in total. The highest BCUT2D eigenvalue weighted by atomic mass is 35.5. The van der Waals surface area contributed by atoms with Gasteiger partial charge >= 0.3 is 0 Å². The summed E-state index contributed by atoms with van der Waals surface area (Å²) in [5.41, 5.74) is 1.41. The average molecular weight is 310 g/mol. The minimum Gasteiger partial charge on any atom is -0.316 e. The number of unbranched alkanes of at least 4 members (excludes halogenated alkanes) is 3. The van der Waals surface area contributed by atoms with E-state index in [9.17, 15) is 0 Å². The summed E-state index contributed by atoms with van der Waals surface area (Å²) in [6.45, 7) is 9.05. The lowest BCUT2D eigenvalue weighted by molar-refractivity contribution is 0.407.